The van der Waals surface area contributed by atoms with Gasteiger partial charge in [-0.2, -0.15) is 0 Å². The van der Waals surface area contributed by atoms with Gasteiger partial charge in [0.1, 0.15) is 35.6 Å². The van der Waals surface area contributed by atoms with Crippen LogP contribution in [0.25, 0.3) is 0 Å². The first-order valence-corrected chi connectivity index (χ1v) is 19.0. The molecule has 0 amide bonds. The first-order chi connectivity index (χ1) is 24.5. The molecule has 3 aliphatic heterocycles. The molecule has 3 saturated heterocycles. The van der Waals surface area contributed by atoms with Gasteiger partial charge in [0.05, 0.1) is 48.3 Å². The van der Waals surface area contributed by atoms with Crippen molar-refractivity contribution in [2.45, 2.75) is 172 Å². The summed E-state index contributed by atoms with van der Waals surface area (Å²) in [5.74, 6) is -5.37. The van der Waals surface area contributed by atoms with E-state index in [4.69, 9.17) is 33.2 Å². The fraction of sp³-hybridized carbons (Fsp3) is 0.947. The van der Waals surface area contributed by atoms with Gasteiger partial charge in [-0.3, -0.25) is 9.59 Å². The first-order valence-electron chi connectivity index (χ1n) is 19.0. The molecule has 3 aliphatic rings. The topological polar surface area (TPSA) is 203 Å². The average Bonchev–Trinajstić information content (AvgIpc) is 3.10. The number of carbonyl (C=O) groups excluding carboxylic acids is 2. The maximum absolute atomic E-state index is 14.2. The smallest absolute Gasteiger partial charge is 0.314 e. The standard InChI is InChI=1S/C38H69NO14/c1-14-26-38(9,46)31(43)21(4)28(41)19(2)16-37(8,48-13)33(53-35-29(42)25(39(10)11)15-20(3)49-35)22(5)30(24(18-40)34(45)51-26)52-27-17-36(7,47-12)32(44)23(6)50-27/h19-27,29-33,35,40,42-44,46H,14-18H2,1-13H3/t19-,20-,21+,22-,23+,24+,25+,26-,27+,29-,30+,31+,32+,33+,35+,36-,37-,38?/m1/s1. The van der Waals surface area contributed by atoms with Gasteiger partial charge in [0, 0.05) is 44.4 Å². The number of Topliss-reactive ketones (excluding diaryl/α,β-unsaturated/α-hetero) is 1. The lowest BCUT2D eigenvalue weighted by molar-refractivity contribution is -0.320. The van der Waals surface area contributed by atoms with Crippen molar-refractivity contribution in [3.63, 3.8) is 0 Å². The Kier molecular flexibility index (Phi) is 15.9. The van der Waals surface area contributed by atoms with E-state index >= 15 is 0 Å². The Balaban J connectivity index is 2.26. The zero-order chi connectivity index (χ0) is 40.4. The summed E-state index contributed by atoms with van der Waals surface area (Å²) in [7, 11) is 6.64. The van der Waals surface area contributed by atoms with E-state index in [9.17, 15) is 35.1 Å². The number of hydrogen-bond acceptors (Lipinski definition) is 15. The van der Waals surface area contributed by atoms with Gasteiger partial charge in [0.2, 0.25) is 0 Å². The maximum atomic E-state index is 14.2. The average molecular weight is 764 g/mol. The molecule has 0 saturated carbocycles. The van der Waals surface area contributed by atoms with Crippen LogP contribution in [0, 0.1) is 23.7 Å². The number of nitrogens with zero attached hydrogens (tertiary/aromatic N) is 1. The van der Waals surface area contributed by atoms with E-state index in [1.165, 1.54) is 28.1 Å². The summed E-state index contributed by atoms with van der Waals surface area (Å²) in [6.07, 6.45) is -9.87. The molecule has 0 bridgehead atoms. The van der Waals surface area contributed by atoms with Crippen LogP contribution < -0.4 is 0 Å². The highest BCUT2D eigenvalue weighted by Gasteiger charge is 2.54. The van der Waals surface area contributed by atoms with Crippen LogP contribution in [0.3, 0.4) is 0 Å². The van der Waals surface area contributed by atoms with Crippen molar-refractivity contribution in [3.05, 3.63) is 0 Å². The van der Waals surface area contributed by atoms with Crippen molar-refractivity contribution < 1.29 is 68.3 Å². The minimum absolute atomic E-state index is 0.0485. The van der Waals surface area contributed by atoms with E-state index in [-0.39, 0.29) is 37.2 Å². The molecule has 18 atom stereocenters. The van der Waals surface area contributed by atoms with Crippen LogP contribution >= 0.6 is 0 Å². The fourth-order valence-electron chi connectivity index (χ4n) is 8.63. The monoisotopic (exact) mass is 763 g/mol. The minimum atomic E-state index is -2.05. The molecule has 15 nitrogen and oxygen atoms in total. The lowest BCUT2D eigenvalue weighted by atomic mass is 9.73. The van der Waals surface area contributed by atoms with E-state index in [1.807, 2.05) is 25.9 Å². The molecule has 0 aromatic heterocycles. The summed E-state index contributed by atoms with van der Waals surface area (Å²) in [4.78, 5) is 30.1. The Morgan fingerprint density at radius 2 is 1.49 bits per heavy atom. The molecule has 0 spiro atoms. The number of methoxy groups -OCH3 is 2. The summed E-state index contributed by atoms with van der Waals surface area (Å²) in [6.45, 7) is 14.2. The van der Waals surface area contributed by atoms with Gasteiger partial charge in [-0.05, 0) is 68.0 Å². The number of aliphatic hydroxyl groups is 5. The number of carbonyl (C=O) groups is 2. The van der Waals surface area contributed by atoms with Crippen molar-refractivity contribution in [1.29, 1.82) is 0 Å². The molecule has 0 aromatic carbocycles. The Morgan fingerprint density at radius 1 is 0.887 bits per heavy atom. The third-order valence-corrected chi connectivity index (χ3v) is 12.3. The molecule has 310 valence electrons. The van der Waals surface area contributed by atoms with E-state index in [1.54, 1.807) is 41.5 Å². The molecule has 15 heteroatoms. The summed E-state index contributed by atoms with van der Waals surface area (Å²) >= 11 is 0. The third-order valence-electron chi connectivity index (χ3n) is 12.3. The van der Waals surface area contributed by atoms with Gasteiger partial charge in [0.15, 0.2) is 12.6 Å². The van der Waals surface area contributed by atoms with E-state index < -0.39 is 108 Å². The van der Waals surface area contributed by atoms with Crippen LogP contribution in [0.2, 0.25) is 0 Å². The number of hydrogen-bond donors (Lipinski definition) is 5. The van der Waals surface area contributed by atoms with Crippen molar-refractivity contribution >= 4 is 11.8 Å². The third kappa shape index (κ3) is 9.80. The number of ketones is 1. The summed E-state index contributed by atoms with van der Waals surface area (Å²) in [6, 6.07) is -0.324. The van der Waals surface area contributed by atoms with Crippen LogP contribution in [-0.4, -0.2) is 161 Å². The Hall–Kier alpha value is -1.34. The van der Waals surface area contributed by atoms with Gasteiger partial charge < -0.3 is 63.6 Å². The minimum Gasteiger partial charge on any atom is -0.459 e. The zero-order valence-electron chi connectivity index (χ0n) is 34.1. The molecule has 53 heavy (non-hydrogen) atoms. The molecule has 3 fully saturated rings. The molecule has 0 aliphatic carbocycles. The fourth-order valence-corrected chi connectivity index (χ4v) is 8.63. The van der Waals surface area contributed by atoms with Gasteiger partial charge in [-0.25, -0.2) is 0 Å². The Morgan fingerprint density at radius 3 is 2.02 bits per heavy atom. The van der Waals surface area contributed by atoms with Gasteiger partial charge in [0.25, 0.3) is 0 Å². The number of likely N-dealkylation sites (N-methyl/N-ethyl adjacent to an activating group) is 1. The van der Waals surface area contributed by atoms with Crippen molar-refractivity contribution in [2.24, 2.45) is 23.7 Å². The number of cyclic esters (lactones) is 1. The van der Waals surface area contributed by atoms with Crippen LogP contribution in [-0.2, 0) is 42.7 Å². The van der Waals surface area contributed by atoms with Crippen LogP contribution in [0.4, 0.5) is 0 Å². The lowest BCUT2D eigenvalue weighted by Gasteiger charge is -2.50. The summed E-state index contributed by atoms with van der Waals surface area (Å²) in [5, 5.41) is 56.6. The quantitative estimate of drug-likeness (QED) is 0.211. The maximum Gasteiger partial charge on any atom is 0.314 e. The van der Waals surface area contributed by atoms with E-state index in [0.29, 0.717) is 6.42 Å². The zero-order valence-corrected chi connectivity index (χ0v) is 34.1. The predicted octanol–water partition coefficient (Wildman–Crippen LogP) is 1.41. The predicted molar refractivity (Wildman–Crippen MR) is 192 cm³/mol. The van der Waals surface area contributed by atoms with Crippen molar-refractivity contribution in [1.82, 2.24) is 4.90 Å². The molecule has 0 aromatic rings. The van der Waals surface area contributed by atoms with Crippen LogP contribution in [0.15, 0.2) is 0 Å². The van der Waals surface area contributed by atoms with Crippen molar-refractivity contribution in [3.8, 4) is 0 Å². The molecule has 3 rings (SSSR count). The molecule has 0 radical (unpaired) electrons. The van der Waals surface area contributed by atoms with Gasteiger partial charge in [-0.15, -0.1) is 0 Å². The lowest BCUT2D eigenvalue weighted by Crippen LogP contribution is -2.62. The molecular formula is C38H69NO14. The second-order valence-corrected chi connectivity index (χ2v) is 16.6. The van der Waals surface area contributed by atoms with Gasteiger partial charge >= 0.3 is 5.97 Å². The SMILES string of the molecule is CC[C@H]1OC(=O)[C@@H](CO)[C@@H](O[C@H]2C[C@@](C)(OC)[C@@H](O)[C@H](C)O2)[C@@H](C)[C@H](O[C@@H]2O[C@H](C)C[C@H](N(C)C)[C@H]2O)[C@](C)(OC)C[C@@H](C)C(=O)[C@H](C)[C@H](O)C1(C)O. The second-order valence-electron chi connectivity index (χ2n) is 16.6. The van der Waals surface area contributed by atoms with E-state index in [2.05, 4.69) is 0 Å². The molecular weight excluding hydrogens is 694 g/mol. The van der Waals surface area contributed by atoms with E-state index in [0.717, 1.165) is 0 Å². The number of rotatable bonds is 9. The summed E-state index contributed by atoms with van der Waals surface area (Å²) < 4.78 is 43.6. The largest absolute Gasteiger partial charge is 0.459 e. The number of esters is 1. The molecule has 5 N–H and O–H groups in total. The van der Waals surface area contributed by atoms with Crippen LogP contribution in [0.5, 0.6) is 0 Å². The van der Waals surface area contributed by atoms with Gasteiger partial charge in [-0.1, -0.05) is 27.7 Å². The van der Waals surface area contributed by atoms with Crippen molar-refractivity contribution in [2.75, 3.05) is 34.9 Å². The molecule has 1 unspecified atom stereocenters. The Labute approximate surface area is 315 Å². The molecule has 3 heterocycles. The number of ether oxygens (including phenoxy) is 7. The first kappa shape index (κ1) is 46.0. The highest BCUT2D eigenvalue weighted by Crippen LogP contribution is 2.42. The number of aliphatic hydroxyl groups excluding tert-OH is 4. The second kappa shape index (κ2) is 18.3. The highest BCUT2D eigenvalue weighted by atomic mass is 16.7. The summed E-state index contributed by atoms with van der Waals surface area (Å²) in [5.41, 5.74) is -4.47. The highest BCUT2D eigenvalue weighted by molar-refractivity contribution is 5.83. The Bertz CT molecular complexity index is 1210. The van der Waals surface area contributed by atoms with Crippen LogP contribution in [0.1, 0.15) is 88.0 Å². The normalized spacial score (nSPS) is 48.3.